The molecular weight excluding hydrogens is 222 g/mol. The van der Waals surface area contributed by atoms with Gasteiger partial charge in [-0.1, -0.05) is 42.5 Å². The van der Waals surface area contributed by atoms with Gasteiger partial charge in [-0.2, -0.15) is 0 Å². The van der Waals surface area contributed by atoms with Crippen molar-refractivity contribution in [3.8, 4) is 0 Å². The molecule has 0 saturated carbocycles. The molecule has 0 aliphatic rings. The van der Waals surface area contributed by atoms with Gasteiger partial charge < -0.3 is 16.8 Å². The molecule has 5 N–H and O–H groups in total. The minimum absolute atomic E-state index is 0.0221. The van der Waals surface area contributed by atoms with Gasteiger partial charge in [-0.25, -0.2) is 0 Å². The Labute approximate surface area is 108 Å². The summed E-state index contributed by atoms with van der Waals surface area (Å²) >= 11 is 0. The molecule has 0 fully saturated rings. The molecule has 96 valence electrons. The Hall–Kier alpha value is -1.42. The van der Waals surface area contributed by atoms with Crippen LogP contribution < -0.4 is 16.8 Å². The number of nitrogens with two attached hydrogens (primary N) is 2. The fourth-order valence-corrected chi connectivity index (χ4v) is 2.17. The summed E-state index contributed by atoms with van der Waals surface area (Å²) < 4.78 is 0. The number of nitrogens with one attached hydrogen (secondary N) is 1. The van der Waals surface area contributed by atoms with Crippen molar-refractivity contribution in [3.05, 3.63) is 48.0 Å². The second-order valence-corrected chi connectivity index (χ2v) is 4.52. The van der Waals surface area contributed by atoms with E-state index in [9.17, 15) is 0 Å². The molecule has 1 unspecified atom stereocenters. The standard InChI is InChI=1S/C15H21N3/c16-9-4-10-18-11-15(17)14-8-3-6-12-5-1-2-7-13(12)14/h1-3,5-8,15,18H,4,9-11,16-17H2. The van der Waals surface area contributed by atoms with Gasteiger partial charge in [-0.3, -0.25) is 0 Å². The maximum Gasteiger partial charge on any atom is 0.0427 e. The van der Waals surface area contributed by atoms with E-state index in [0.717, 1.165) is 26.1 Å². The van der Waals surface area contributed by atoms with Crippen molar-refractivity contribution in [1.29, 1.82) is 0 Å². The van der Waals surface area contributed by atoms with Crippen molar-refractivity contribution in [2.75, 3.05) is 19.6 Å². The Morgan fingerprint density at radius 2 is 1.83 bits per heavy atom. The Kier molecular flexibility index (Phi) is 4.70. The summed E-state index contributed by atoms with van der Waals surface area (Å²) in [4.78, 5) is 0. The molecule has 0 amide bonds. The van der Waals surface area contributed by atoms with E-state index in [0.29, 0.717) is 0 Å². The predicted molar refractivity (Wildman–Crippen MR) is 77.4 cm³/mol. The molecule has 18 heavy (non-hydrogen) atoms. The van der Waals surface area contributed by atoms with Gasteiger partial charge in [0.1, 0.15) is 0 Å². The van der Waals surface area contributed by atoms with Gasteiger partial charge in [0.15, 0.2) is 0 Å². The van der Waals surface area contributed by atoms with Crippen molar-refractivity contribution in [2.24, 2.45) is 11.5 Å². The van der Waals surface area contributed by atoms with Crippen LogP contribution in [-0.4, -0.2) is 19.6 Å². The van der Waals surface area contributed by atoms with Crippen LogP contribution >= 0.6 is 0 Å². The summed E-state index contributed by atoms with van der Waals surface area (Å²) in [6, 6.07) is 14.7. The van der Waals surface area contributed by atoms with Gasteiger partial charge >= 0.3 is 0 Å². The quantitative estimate of drug-likeness (QED) is 0.678. The molecule has 0 bridgehead atoms. The second-order valence-electron chi connectivity index (χ2n) is 4.52. The van der Waals surface area contributed by atoms with Crippen LogP contribution in [0.4, 0.5) is 0 Å². The van der Waals surface area contributed by atoms with Crippen LogP contribution in [0.2, 0.25) is 0 Å². The third-order valence-electron chi connectivity index (χ3n) is 3.14. The summed E-state index contributed by atoms with van der Waals surface area (Å²) in [6.07, 6.45) is 0.988. The number of hydrogen-bond donors (Lipinski definition) is 3. The molecule has 0 spiro atoms. The third kappa shape index (κ3) is 3.07. The molecule has 2 rings (SSSR count). The van der Waals surface area contributed by atoms with Crippen molar-refractivity contribution in [3.63, 3.8) is 0 Å². The highest BCUT2D eigenvalue weighted by atomic mass is 14.9. The van der Waals surface area contributed by atoms with E-state index in [1.807, 2.05) is 0 Å². The molecule has 0 aromatic heterocycles. The largest absolute Gasteiger partial charge is 0.330 e. The molecule has 0 radical (unpaired) electrons. The van der Waals surface area contributed by atoms with E-state index in [4.69, 9.17) is 11.5 Å². The topological polar surface area (TPSA) is 64.1 Å². The molecule has 0 heterocycles. The maximum atomic E-state index is 6.25. The van der Waals surface area contributed by atoms with E-state index < -0.39 is 0 Å². The molecule has 1 atom stereocenters. The highest BCUT2D eigenvalue weighted by Gasteiger charge is 2.08. The third-order valence-corrected chi connectivity index (χ3v) is 3.14. The fraction of sp³-hybridized carbons (Fsp3) is 0.333. The molecule has 0 saturated heterocycles. The minimum Gasteiger partial charge on any atom is -0.330 e. The zero-order valence-corrected chi connectivity index (χ0v) is 10.6. The summed E-state index contributed by atoms with van der Waals surface area (Å²) in [7, 11) is 0. The lowest BCUT2D eigenvalue weighted by Gasteiger charge is -2.15. The van der Waals surface area contributed by atoms with Crippen LogP contribution in [-0.2, 0) is 0 Å². The van der Waals surface area contributed by atoms with E-state index in [2.05, 4.69) is 47.8 Å². The highest BCUT2D eigenvalue weighted by Crippen LogP contribution is 2.22. The molecular formula is C15H21N3. The first-order valence-corrected chi connectivity index (χ1v) is 6.47. The normalized spacial score (nSPS) is 12.8. The summed E-state index contributed by atoms with van der Waals surface area (Å²) in [6.45, 7) is 2.43. The fourth-order valence-electron chi connectivity index (χ4n) is 2.17. The lowest BCUT2D eigenvalue weighted by molar-refractivity contribution is 0.587. The highest BCUT2D eigenvalue weighted by molar-refractivity contribution is 5.86. The van der Waals surface area contributed by atoms with Crippen LogP contribution in [0, 0.1) is 0 Å². The first-order chi connectivity index (χ1) is 8.83. The average molecular weight is 243 g/mol. The van der Waals surface area contributed by atoms with E-state index in [1.54, 1.807) is 0 Å². The van der Waals surface area contributed by atoms with Crippen LogP contribution in [0.1, 0.15) is 18.0 Å². The van der Waals surface area contributed by atoms with Gasteiger partial charge in [0, 0.05) is 12.6 Å². The molecule has 3 heteroatoms. The minimum atomic E-state index is 0.0221. The van der Waals surface area contributed by atoms with Crippen LogP contribution in [0.5, 0.6) is 0 Å². The number of fused-ring (bicyclic) bond motifs is 1. The van der Waals surface area contributed by atoms with E-state index in [-0.39, 0.29) is 6.04 Å². The SMILES string of the molecule is NCCCNCC(N)c1cccc2ccccc12. The average Bonchev–Trinajstić information content (AvgIpc) is 2.43. The lowest BCUT2D eigenvalue weighted by Crippen LogP contribution is -2.28. The Morgan fingerprint density at radius 1 is 1.06 bits per heavy atom. The Morgan fingerprint density at radius 3 is 2.67 bits per heavy atom. The van der Waals surface area contributed by atoms with Gasteiger partial charge in [0.2, 0.25) is 0 Å². The van der Waals surface area contributed by atoms with Crippen LogP contribution in [0.25, 0.3) is 10.8 Å². The number of rotatable bonds is 6. The molecule has 3 nitrogen and oxygen atoms in total. The zero-order valence-electron chi connectivity index (χ0n) is 10.6. The summed E-state index contributed by atoms with van der Waals surface area (Å²) in [5.41, 5.74) is 12.9. The Bertz CT molecular complexity index is 491. The van der Waals surface area contributed by atoms with E-state index in [1.165, 1.54) is 16.3 Å². The second kappa shape index (κ2) is 6.50. The van der Waals surface area contributed by atoms with Gasteiger partial charge in [0.25, 0.3) is 0 Å². The van der Waals surface area contributed by atoms with Crippen molar-refractivity contribution in [2.45, 2.75) is 12.5 Å². The first kappa shape index (κ1) is 13.0. The predicted octanol–water partition coefficient (Wildman–Crippen LogP) is 1.78. The summed E-state index contributed by atoms with van der Waals surface area (Å²) in [5.74, 6) is 0. The van der Waals surface area contributed by atoms with Crippen molar-refractivity contribution < 1.29 is 0 Å². The zero-order chi connectivity index (χ0) is 12.8. The smallest absolute Gasteiger partial charge is 0.0427 e. The van der Waals surface area contributed by atoms with Crippen molar-refractivity contribution >= 4 is 10.8 Å². The van der Waals surface area contributed by atoms with Crippen LogP contribution in [0.3, 0.4) is 0 Å². The van der Waals surface area contributed by atoms with E-state index >= 15 is 0 Å². The summed E-state index contributed by atoms with van der Waals surface area (Å²) in [5, 5.41) is 5.83. The van der Waals surface area contributed by atoms with Gasteiger partial charge in [-0.05, 0) is 35.8 Å². The monoisotopic (exact) mass is 243 g/mol. The molecule has 0 aliphatic heterocycles. The van der Waals surface area contributed by atoms with Crippen LogP contribution in [0.15, 0.2) is 42.5 Å². The maximum absolute atomic E-state index is 6.25. The Balaban J connectivity index is 2.10. The number of hydrogen-bond acceptors (Lipinski definition) is 3. The molecule has 0 aliphatic carbocycles. The molecule has 2 aromatic rings. The van der Waals surface area contributed by atoms with Crippen molar-refractivity contribution in [1.82, 2.24) is 5.32 Å². The first-order valence-electron chi connectivity index (χ1n) is 6.47. The molecule has 2 aromatic carbocycles. The van der Waals surface area contributed by atoms with Gasteiger partial charge in [-0.15, -0.1) is 0 Å². The van der Waals surface area contributed by atoms with Gasteiger partial charge in [0.05, 0.1) is 0 Å². The lowest BCUT2D eigenvalue weighted by atomic mass is 9.99. The number of benzene rings is 2.